The third kappa shape index (κ3) is 6.46. The second-order valence-corrected chi connectivity index (χ2v) is 10.7. The molecule has 6 N–H and O–H groups in total. The number of ketones is 1. The van der Waals surface area contributed by atoms with Gasteiger partial charge >= 0.3 is 5.97 Å². The van der Waals surface area contributed by atoms with Gasteiger partial charge in [0.2, 0.25) is 6.29 Å². The lowest BCUT2D eigenvalue weighted by Gasteiger charge is -2.45. The first-order valence-electron chi connectivity index (χ1n) is 13.7. The van der Waals surface area contributed by atoms with Crippen molar-refractivity contribution in [2.75, 3.05) is 6.61 Å². The van der Waals surface area contributed by atoms with E-state index in [1.54, 1.807) is 24.3 Å². The Morgan fingerprint density at radius 1 is 0.930 bits per heavy atom. The van der Waals surface area contributed by atoms with Gasteiger partial charge in [0.15, 0.2) is 18.2 Å². The number of Topliss-reactive ketones (excluding diaryl/α,β-unsaturated/α-hetero) is 1. The number of hydrogen-bond donors (Lipinski definition) is 6. The van der Waals surface area contributed by atoms with Crippen molar-refractivity contribution in [3.8, 4) is 17.2 Å². The fraction of sp³-hybridized carbons (Fsp3) is 0.517. The van der Waals surface area contributed by atoms with Gasteiger partial charge in [-0.05, 0) is 12.5 Å². The number of aliphatic hydroxyl groups excluding tert-OH is 5. The zero-order valence-corrected chi connectivity index (χ0v) is 23.3. The molecule has 2 aromatic rings. The van der Waals surface area contributed by atoms with Gasteiger partial charge in [0.1, 0.15) is 72.1 Å². The van der Waals surface area contributed by atoms with E-state index in [4.69, 9.17) is 28.4 Å². The quantitative estimate of drug-likeness (QED) is 0.224. The Morgan fingerprint density at radius 3 is 2.35 bits per heavy atom. The van der Waals surface area contributed by atoms with Crippen molar-refractivity contribution in [1.82, 2.24) is 0 Å². The molecule has 0 radical (unpaired) electrons. The van der Waals surface area contributed by atoms with Gasteiger partial charge in [-0.1, -0.05) is 30.3 Å². The number of phenolic OH excluding ortho intramolecular Hbond substituents is 1. The minimum Gasteiger partial charge on any atom is -0.507 e. The molecule has 234 valence electrons. The predicted octanol–water partition coefficient (Wildman–Crippen LogP) is -0.300. The maximum absolute atomic E-state index is 12.9. The lowest BCUT2D eigenvalue weighted by atomic mass is 9.95. The van der Waals surface area contributed by atoms with Crippen LogP contribution < -0.4 is 9.47 Å². The van der Waals surface area contributed by atoms with E-state index in [0.717, 1.165) is 18.6 Å². The second-order valence-electron chi connectivity index (χ2n) is 10.7. The van der Waals surface area contributed by atoms with E-state index in [9.17, 15) is 40.2 Å². The van der Waals surface area contributed by atoms with Crippen LogP contribution in [0, 0.1) is 0 Å². The molecule has 5 rings (SSSR count). The Morgan fingerprint density at radius 2 is 1.65 bits per heavy atom. The van der Waals surface area contributed by atoms with Crippen molar-refractivity contribution >= 4 is 11.8 Å². The Labute approximate surface area is 245 Å². The lowest BCUT2D eigenvalue weighted by Crippen LogP contribution is -2.64. The predicted molar refractivity (Wildman–Crippen MR) is 142 cm³/mol. The minimum absolute atomic E-state index is 0.00295. The van der Waals surface area contributed by atoms with E-state index in [1.807, 2.05) is 6.07 Å². The van der Waals surface area contributed by atoms with Crippen LogP contribution in [0.2, 0.25) is 0 Å². The van der Waals surface area contributed by atoms with E-state index < -0.39 is 85.8 Å². The molecule has 2 fully saturated rings. The van der Waals surface area contributed by atoms with Gasteiger partial charge in [0.05, 0.1) is 12.5 Å². The molecule has 0 spiro atoms. The van der Waals surface area contributed by atoms with Gasteiger partial charge in [-0.2, -0.15) is 0 Å². The van der Waals surface area contributed by atoms with Crippen molar-refractivity contribution in [2.45, 2.75) is 87.8 Å². The molecule has 43 heavy (non-hydrogen) atoms. The van der Waals surface area contributed by atoms with Crippen LogP contribution in [0.4, 0.5) is 0 Å². The number of carbonyl (C=O) groups excluding carboxylic acids is 2. The SMILES string of the molecule is CC(=O)OC[C@H]1O[C@@H](Oc2cc(O)c3c(c2)OC(c2ccccc2)CC3=O)[C@H](O[C@@H]2O[C@@H](C)[C@H](O)[C@@H](O)[C@H]2O)[C@@H](O)[C@@H]1O. The van der Waals surface area contributed by atoms with Gasteiger partial charge in [-0.15, -0.1) is 0 Å². The van der Waals surface area contributed by atoms with Crippen LogP contribution in [0.1, 0.15) is 42.3 Å². The summed E-state index contributed by atoms with van der Waals surface area (Å²) < 4.78 is 34.0. The third-order valence-corrected chi connectivity index (χ3v) is 7.59. The smallest absolute Gasteiger partial charge is 0.302 e. The monoisotopic (exact) mass is 606 g/mol. The summed E-state index contributed by atoms with van der Waals surface area (Å²) in [5.41, 5.74) is 0.703. The molecule has 2 aromatic carbocycles. The van der Waals surface area contributed by atoms with Crippen LogP contribution >= 0.6 is 0 Å². The number of fused-ring (bicyclic) bond motifs is 1. The molecular weight excluding hydrogens is 572 g/mol. The molecule has 3 heterocycles. The van der Waals surface area contributed by atoms with Gasteiger partial charge in [0, 0.05) is 19.1 Å². The molecule has 1 unspecified atom stereocenters. The normalized spacial score (nSPS) is 35.9. The molecule has 14 heteroatoms. The van der Waals surface area contributed by atoms with Gasteiger partial charge < -0.3 is 59.1 Å². The molecule has 0 amide bonds. The van der Waals surface area contributed by atoms with Crippen LogP contribution in [0.5, 0.6) is 17.2 Å². The van der Waals surface area contributed by atoms with Gasteiger partial charge in [0.25, 0.3) is 0 Å². The Kier molecular flexibility index (Phi) is 9.20. The number of esters is 1. The highest BCUT2D eigenvalue weighted by molar-refractivity contribution is 6.02. The Hall–Kier alpha value is -3.34. The highest BCUT2D eigenvalue weighted by atomic mass is 16.8. The first-order chi connectivity index (χ1) is 20.4. The molecule has 0 saturated carbocycles. The van der Waals surface area contributed by atoms with E-state index in [1.165, 1.54) is 13.0 Å². The van der Waals surface area contributed by atoms with E-state index in [-0.39, 0.29) is 29.3 Å². The average Bonchev–Trinajstić information content (AvgIpc) is 2.97. The summed E-state index contributed by atoms with van der Waals surface area (Å²) in [7, 11) is 0. The molecule has 3 aliphatic heterocycles. The Balaban J connectivity index is 1.43. The topological polar surface area (TPSA) is 211 Å². The zero-order valence-electron chi connectivity index (χ0n) is 23.3. The number of benzene rings is 2. The van der Waals surface area contributed by atoms with E-state index in [2.05, 4.69) is 0 Å². The maximum Gasteiger partial charge on any atom is 0.302 e. The van der Waals surface area contributed by atoms with Crippen molar-refractivity contribution in [3.63, 3.8) is 0 Å². The molecule has 3 aliphatic rings. The van der Waals surface area contributed by atoms with Crippen molar-refractivity contribution < 1.29 is 68.6 Å². The summed E-state index contributed by atoms with van der Waals surface area (Å²) in [4.78, 5) is 24.3. The summed E-state index contributed by atoms with van der Waals surface area (Å²) in [5, 5.41) is 63.2. The maximum atomic E-state index is 12.9. The second kappa shape index (κ2) is 12.7. The van der Waals surface area contributed by atoms with Crippen LogP contribution in [0.3, 0.4) is 0 Å². The first kappa shape index (κ1) is 31.1. The summed E-state index contributed by atoms with van der Waals surface area (Å²) in [6.45, 7) is 2.12. The fourth-order valence-electron chi connectivity index (χ4n) is 5.23. The molecule has 2 saturated heterocycles. The van der Waals surface area contributed by atoms with Crippen molar-refractivity contribution in [2.24, 2.45) is 0 Å². The van der Waals surface area contributed by atoms with Crippen molar-refractivity contribution in [1.29, 1.82) is 0 Å². The number of ether oxygens (including phenoxy) is 6. The Bertz CT molecular complexity index is 1300. The molecule has 0 aliphatic carbocycles. The molecular formula is C29H34O14. The highest BCUT2D eigenvalue weighted by Crippen LogP contribution is 2.42. The van der Waals surface area contributed by atoms with Crippen LogP contribution in [-0.2, 0) is 23.7 Å². The first-order valence-corrected chi connectivity index (χ1v) is 13.7. The highest BCUT2D eigenvalue weighted by Gasteiger charge is 2.51. The summed E-state index contributed by atoms with van der Waals surface area (Å²) in [5.74, 6) is -1.52. The largest absolute Gasteiger partial charge is 0.507 e. The standard InChI is InChI=1S/C29H34O14/c1-12-22(33)24(35)26(37)28(39-12)43-27-25(36)23(34)20(11-38-13(2)30)42-29(27)40-15-8-16(31)21-17(32)10-18(41-19(21)9-15)14-6-4-3-5-7-14/h3-9,12,18,20,22-29,31,33-37H,10-11H2,1-2H3/t12-,18?,20+,22-,23+,24+,25-,26+,27+,28-,29+/m0/s1. The number of rotatable bonds is 7. The number of aliphatic hydroxyl groups is 5. The minimum atomic E-state index is -1.76. The summed E-state index contributed by atoms with van der Waals surface area (Å²) in [6.07, 6.45) is -15.9. The average molecular weight is 607 g/mol. The third-order valence-electron chi connectivity index (χ3n) is 7.59. The number of carbonyl (C=O) groups is 2. The van der Waals surface area contributed by atoms with Gasteiger partial charge in [-0.25, -0.2) is 0 Å². The summed E-state index contributed by atoms with van der Waals surface area (Å²) in [6, 6.07) is 11.5. The van der Waals surface area contributed by atoms with E-state index >= 15 is 0 Å². The molecule has 14 nitrogen and oxygen atoms in total. The molecule has 0 aromatic heterocycles. The summed E-state index contributed by atoms with van der Waals surface area (Å²) >= 11 is 0. The van der Waals surface area contributed by atoms with Crippen LogP contribution in [0.25, 0.3) is 0 Å². The molecule has 11 atom stereocenters. The number of aromatic hydroxyl groups is 1. The van der Waals surface area contributed by atoms with Crippen LogP contribution in [0.15, 0.2) is 42.5 Å². The van der Waals surface area contributed by atoms with Crippen LogP contribution in [-0.4, -0.2) is 110 Å². The number of hydrogen-bond acceptors (Lipinski definition) is 14. The fourth-order valence-corrected chi connectivity index (χ4v) is 5.23. The van der Waals surface area contributed by atoms with E-state index in [0.29, 0.717) is 0 Å². The number of phenols is 1. The zero-order chi connectivity index (χ0) is 31.0. The van der Waals surface area contributed by atoms with Gasteiger partial charge in [-0.3, -0.25) is 9.59 Å². The lowest BCUT2D eigenvalue weighted by molar-refractivity contribution is -0.354. The van der Waals surface area contributed by atoms with Crippen molar-refractivity contribution in [3.05, 3.63) is 53.6 Å². The molecule has 0 bridgehead atoms.